The molecule has 206 valence electrons. The maximum Gasteiger partial charge on any atom is 0.326 e. The topological polar surface area (TPSA) is 95.9 Å². The summed E-state index contributed by atoms with van der Waals surface area (Å²) in [5.74, 6) is -0.763. The zero-order chi connectivity index (χ0) is 28.1. The van der Waals surface area contributed by atoms with Crippen molar-refractivity contribution in [3.63, 3.8) is 0 Å². The maximum absolute atomic E-state index is 13.1. The van der Waals surface area contributed by atoms with Crippen LogP contribution in [-0.2, 0) is 10.2 Å². The molecular weight excluding hydrogens is 486 g/mol. The Morgan fingerprint density at radius 3 is 2.16 bits per heavy atom. The lowest BCUT2D eigenvalue weighted by atomic mass is 9.74. The van der Waals surface area contributed by atoms with E-state index in [-0.39, 0.29) is 29.3 Å². The number of carbonyl (C=O) groups is 2. The zero-order valence-electron chi connectivity index (χ0n) is 23.9. The Kier molecular flexibility index (Phi) is 10.4. The van der Waals surface area contributed by atoms with Gasteiger partial charge < -0.3 is 20.3 Å². The van der Waals surface area contributed by atoms with Crippen molar-refractivity contribution in [2.75, 3.05) is 6.61 Å². The Hall–Kier alpha value is -2.38. The van der Waals surface area contributed by atoms with Crippen LogP contribution in [0.4, 0.5) is 0 Å². The Morgan fingerprint density at radius 2 is 1.68 bits per heavy atom. The first kappa shape index (κ1) is 30.8. The molecule has 1 amide bonds. The minimum absolute atomic E-state index is 0.167. The summed E-state index contributed by atoms with van der Waals surface area (Å²) in [5, 5.41) is 22.7. The van der Waals surface area contributed by atoms with Gasteiger partial charge in [-0.2, -0.15) is 0 Å². The van der Waals surface area contributed by atoms with Crippen LogP contribution in [0.3, 0.4) is 0 Å². The third-order valence-electron chi connectivity index (χ3n) is 7.69. The summed E-state index contributed by atoms with van der Waals surface area (Å²) in [6.07, 6.45) is 1.78. The second-order valence-corrected chi connectivity index (χ2v) is 12.3. The highest BCUT2D eigenvalue weighted by Gasteiger charge is 2.35. The van der Waals surface area contributed by atoms with Crippen LogP contribution in [0.5, 0.6) is 5.75 Å². The summed E-state index contributed by atoms with van der Waals surface area (Å²) in [7, 11) is 0. The number of thiophene rings is 1. The number of ether oxygens (including phenoxy) is 1. The fourth-order valence-corrected chi connectivity index (χ4v) is 5.94. The predicted octanol–water partition coefficient (Wildman–Crippen LogP) is 6.49. The third-order valence-corrected chi connectivity index (χ3v) is 9.13. The molecule has 0 fully saturated rings. The molecule has 2 aromatic rings. The number of carboxylic acids is 1. The first-order valence-electron chi connectivity index (χ1n) is 13.3. The molecule has 2 rings (SSSR count). The lowest BCUT2D eigenvalue weighted by Gasteiger charge is -2.32. The highest BCUT2D eigenvalue weighted by molar-refractivity contribution is 7.14. The lowest BCUT2D eigenvalue weighted by Crippen LogP contribution is -2.44. The number of nitrogens with one attached hydrogen (secondary N) is 1. The maximum atomic E-state index is 13.1. The molecule has 0 spiro atoms. The van der Waals surface area contributed by atoms with Crippen LogP contribution in [0.25, 0.3) is 0 Å². The van der Waals surface area contributed by atoms with Gasteiger partial charge in [0.05, 0.1) is 11.0 Å². The molecule has 37 heavy (non-hydrogen) atoms. The van der Waals surface area contributed by atoms with Gasteiger partial charge >= 0.3 is 5.97 Å². The number of aryl methyl sites for hydroxylation is 2. The van der Waals surface area contributed by atoms with Crippen LogP contribution < -0.4 is 10.1 Å². The summed E-state index contributed by atoms with van der Waals surface area (Å²) in [4.78, 5) is 26.5. The Balaban J connectivity index is 2.38. The minimum atomic E-state index is -1.01. The van der Waals surface area contributed by atoms with Crippen LogP contribution in [0.1, 0.15) is 99.0 Å². The predicted molar refractivity (Wildman–Crippen MR) is 151 cm³/mol. The SMILES string of the molecule is CCC(C)[C@H](NC(=O)c1sc(C(CC)(CC)c2ccc(OCC(O)C(C)(C)C)c(C)c2)cc1C)C(=O)O. The zero-order valence-corrected chi connectivity index (χ0v) is 24.7. The van der Waals surface area contributed by atoms with Crippen LogP contribution in [0.2, 0.25) is 0 Å². The minimum Gasteiger partial charge on any atom is -0.491 e. The van der Waals surface area contributed by atoms with Crippen LogP contribution in [-0.4, -0.2) is 40.8 Å². The molecule has 0 bridgehead atoms. The van der Waals surface area contributed by atoms with E-state index in [0.717, 1.165) is 40.2 Å². The number of aliphatic hydroxyl groups is 1. The van der Waals surface area contributed by atoms with Gasteiger partial charge in [0.1, 0.15) is 18.4 Å². The molecular formula is C30H45NO5S. The molecule has 1 heterocycles. The second kappa shape index (κ2) is 12.4. The molecule has 0 saturated heterocycles. The quantitative estimate of drug-likeness (QED) is 0.291. The summed E-state index contributed by atoms with van der Waals surface area (Å²) in [6, 6.07) is 7.35. The van der Waals surface area contributed by atoms with Gasteiger partial charge in [0.25, 0.3) is 5.91 Å². The van der Waals surface area contributed by atoms with Crippen molar-refractivity contribution >= 4 is 23.2 Å². The van der Waals surface area contributed by atoms with E-state index in [9.17, 15) is 19.8 Å². The van der Waals surface area contributed by atoms with Crippen LogP contribution >= 0.6 is 11.3 Å². The smallest absolute Gasteiger partial charge is 0.326 e. The molecule has 7 heteroatoms. The van der Waals surface area contributed by atoms with Crippen LogP contribution in [0.15, 0.2) is 24.3 Å². The van der Waals surface area contributed by atoms with Crippen molar-refractivity contribution in [1.29, 1.82) is 0 Å². The number of carboxylic acid groups (broad SMARTS) is 1. The number of hydrogen-bond donors (Lipinski definition) is 3. The molecule has 0 saturated carbocycles. The molecule has 0 aliphatic heterocycles. The summed E-state index contributed by atoms with van der Waals surface area (Å²) in [6.45, 7) is 18.2. The van der Waals surface area contributed by atoms with Crippen LogP contribution in [0, 0.1) is 25.2 Å². The van der Waals surface area contributed by atoms with Gasteiger partial charge in [0, 0.05) is 10.3 Å². The molecule has 3 N–H and O–H groups in total. The molecule has 0 aliphatic carbocycles. The average Bonchev–Trinajstić information content (AvgIpc) is 3.23. The Morgan fingerprint density at radius 1 is 1.05 bits per heavy atom. The summed E-state index contributed by atoms with van der Waals surface area (Å²) < 4.78 is 5.96. The van der Waals surface area contributed by atoms with Crippen molar-refractivity contribution in [3.8, 4) is 5.75 Å². The number of carbonyl (C=O) groups excluding carboxylic acids is 1. The molecule has 1 aromatic heterocycles. The van der Waals surface area contributed by atoms with E-state index in [1.807, 2.05) is 54.5 Å². The van der Waals surface area contributed by atoms with Crippen molar-refractivity contribution < 1.29 is 24.5 Å². The average molecular weight is 532 g/mol. The van der Waals surface area contributed by atoms with E-state index in [1.165, 1.54) is 11.3 Å². The van der Waals surface area contributed by atoms with Crippen molar-refractivity contribution in [2.24, 2.45) is 11.3 Å². The first-order valence-corrected chi connectivity index (χ1v) is 14.1. The van der Waals surface area contributed by atoms with E-state index in [4.69, 9.17) is 4.74 Å². The molecule has 2 unspecified atom stereocenters. The van der Waals surface area contributed by atoms with Crippen molar-refractivity contribution in [3.05, 3.63) is 50.7 Å². The first-order chi connectivity index (χ1) is 17.2. The molecule has 0 radical (unpaired) electrons. The monoisotopic (exact) mass is 531 g/mol. The number of aliphatic hydroxyl groups excluding tert-OH is 1. The lowest BCUT2D eigenvalue weighted by molar-refractivity contribution is -0.140. The van der Waals surface area contributed by atoms with E-state index >= 15 is 0 Å². The highest BCUT2D eigenvalue weighted by Crippen LogP contribution is 2.44. The number of amides is 1. The van der Waals surface area contributed by atoms with Crippen molar-refractivity contribution in [1.82, 2.24) is 5.32 Å². The van der Waals surface area contributed by atoms with Gasteiger partial charge in [-0.25, -0.2) is 4.79 Å². The molecule has 6 nitrogen and oxygen atoms in total. The summed E-state index contributed by atoms with van der Waals surface area (Å²) in [5.41, 5.74) is 2.45. The van der Waals surface area contributed by atoms with Crippen molar-refractivity contribution in [2.45, 2.75) is 99.1 Å². The molecule has 3 atom stereocenters. The Labute approximate surface area is 226 Å². The van der Waals surface area contributed by atoms with Gasteiger partial charge in [-0.15, -0.1) is 11.3 Å². The normalized spacial score (nSPS) is 14.6. The standard InChI is InChI=1S/C30H45NO5S/c1-10-18(4)25(28(34)35)31-27(33)26-20(6)16-24(37-26)30(11-2,12-3)21-13-14-22(19(5)15-21)36-17-23(32)29(7,8)9/h13-16,18,23,25,32H,10-12,17H2,1-9H3,(H,31,33)(H,34,35)/t18?,23?,25-/m0/s1. The number of rotatable bonds is 12. The highest BCUT2D eigenvalue weighted by atomic mass is 32.1. The molecule has 1 aromatic carbocycles. The van der Waals surface area contributed by atoms with E-state index in [1.54, 1.807) is 0 Å². The van der Waals surface area contributed by atoms with E-state index in [2.05, 4.69) is 37.4 Å². The van der Waals surface area contributed by atoms with Gasteiger partial charge in [-0.1, -0.05) is 67.0 Å². The number of aliphatic carboxylic acids is 1. The largest absolute Gasteiger partial charge is 0.491 e. The van der Waals surface area contributed by atoms with E-state index < -0.39 is 18.1 Å². The fourth-order valence-electron chi connectivity index (χ4n) is 4.51. The third kappa shape index (κ3) is 6.94. The molecule has 0 aliphatic rings. The van der Waals surface area contributed by atoms with Gasteiger partial charge in [0.2, 0.25) is 0 Å². The van der Waals surface area contributed by atoms with Gasteiger partial charge in [-0.3, -0.25) is 4.79 Å². The second-order valence-electron chi connectivity index (χ2n) is 11.3. The van der Waals surface area contributed by atoms with E-state index in [0.29, 0.717) is 11.3 Å². The summed E-state index contributed by atoms with van der Waals surface area (Å²) >= 11 is 1.45. The Bertz CT molecular complexity index is 1080. The number of hydrogen-bond acceptors (Lipinski definition) is 5. The number of benzene rings is 1. The van der Waals surface area contributed by atoms with Gasteiger partial charge in [0.15, 0.2) is 0 Å². The van der Waals surface area contributed by atoms with Gasteiger partial charge in [-0.05, 0) is 66.8 Å². The fraction of sp³-hybridized carbons (Fsp3) is 0.600.